The van der Waals surface area contributed by atoms with Gasteiger partial charge in [-0.1, -0.05) is 31.0 Å². The highest BCUT2D eigenvalue weighted by atomic mass is 16.2. The van der Waals surface area contributed by atoms with E-state index < -0.39 is 0 Å². The maximum absolute atomic E-state index is 12.8. The molecule has 0 N–H and O–H groups in total. The number of para-hydroxylation sites is 1. The number of likely N-dealkylation sites (N-methyl/N-ethyl adjacent to an activating group) is 1. The molecule has 1 aromatic rings. The molecule has 1 atom stereocenters. The molecule has 0 unspecified atom stereocenters. The maximum Gasteiger partial charge on any atom is 0.241 e. The monoisotopic (exact) mass is 355 g/mol. The van der Waals surface area contributed by atoms with Crippen LogP contribution in [0.1, 0.15) is 38.5 Å². The van der Waals surface area contributed by atoms with Crippen molar-refractivity contribution in [3.8, 4) is 0 Å². The molecule has 0 radical (unpaired) electrons. The lowest BCUT2D eigenvalue weighted by molar-refractivity contribution is -0.131. The lowest BCUT2D eigenvalue weighted by Gasteiger charge is -2.46. The van der Waals surface area contributed by atoms with Gasteiger partial charge in [-0.25, -0.2) is 0 Å². The zero-order chi connectivity index (χ0) is 18.1. The Morgan fingerprint density at radius 2 is 1.88 bits per heavy atom. The third kappa shape index (κ3) is 3.25. The minimum absolute atomic E-state index is 0.116. The molecule has 2 amide bonds. The highest BCUT2D eigenvalue weighted by molar-refractivity contribution is 5.96. The molecule has 0 bridgehead atoms. The van der Waals surface area contributed by atoms with Crippen molar-refractivity contribution in [3.63, 3.8) is 0 Å². The SMILES string of the molecule is CN1CC(=O)N(c2ccccc2)C[C@@]12CCN(C(=O)CC1CCCC1)C2. The normalized spacial score (nSPS) is 27.7. The summed E-state index contributed by atoms with van der Waals surface area (Å²) in [6, 6.07) is 9.90. The first-order valence-corrected chi connectivity index (χ1v) is 9.92. The number of rotatable bonds is 3. The van der Waals surface area contributed by atoms with Gasteiger partial charge in [-0.2, -0.15) is 0 Å². The van der Waals surface area contributed by atoms with E-state index in [9.17, 15) is 9.59 Å². The van der Waals surface area contributed by atoms with Crippen LogP contribution < -0.4 is 4.90 Å². The lowest BCUT2D eigenvalue weighted by atomic mass is 9.92. The van der Waals surface area contributed by atoms with Crippen molar-refractivity contribution in [1.29, 1.82) is 0 Å². The van der Waals surface area contributed by atoms with Crippen molar-refractivity contribution in [2.24, 2.45) is 5.92 Å². The van der Waals surface area contributed by atoms with Gasteiger partial charge < -0.3 is 9.80 Å². The molecular weight excluding hydrogens is 326 g/mol. The average Bonchev–Trinajstić information content (AvgIpc) is 3.30. The van der Waals surface area contributed by atoms with Gasteiger partial charge in [0, 0.05) is 31.7 Å². The van der Waals surface area contributed by atoms with Gasteiger partial charge in [0.05, 0.1) is 12.1 Å². The van der Waals surface area contributed by atoms with Gasteiger partial charge >= 0.3 is 0 Å². The van der Waals surface area contributed by atoms with E-state index in [2.05, 4.69) is 4.90 Å². The van der Waals surface area contributed by atoms with Crippen LogP contribution in [-0.4, -0.2) is 60.4 Å². The molecule has 1 aromatic carbocycles. The summed E-state index contributed by atoms with van der Waals surface area (Å²) in [5, 5.41) is 0. The van der Waals surface area contributed by atoms with E-state index in [0.29, 0.717) is 31.3 Å². The Hall–Kier alpha value is -1.88. The van der Waals surface area contributed by atoms with Gasteiger partial charge in [0.2, 0.25) is 11.8 Å². The quantitative estimate of drug-likeness (QED) is 0.837. The van der Waals surface area contributed by atoms with Gasteiger partial charge in [0.1, 0.15) is 0 Å². The zero-order valence-corrected chi connectivity index (χ0v) is 15.7. The summed E-state index contributed by atoms with van der Waals surface area (Å²) >= 11 is 0. The molecule has 3 fully saturated rings. The summed E-state index contributed by atoms with van der Waals surface area (Å²) in [7, 11) is 2.03. The second kappa shape index (κ2) is 7.03. The summed E-state index contributed by atoms with van der Waals surface area (Å²) < 4.78 is 0. The van der Waals surface area contributed by atoms with Crippen molar-refractivity contribution in [3.05, 3.63) is 30.3 Å². The number of piperazine rings is 1. The van der Waals surface area contributed by atoms with Crippen LogP contribution in [-0.2, 0) is 9.59 Å². The topological polar surface area (TPSA) is 43.9 Å². The van der Waals surface area contributed by atoms with E-state index in [0.717, 1.165) is 25.2 Å². The average molecular weight is 355 g/mol. The number of benzene rings is 1. The highest BCUT2D eigenvalue weighted by Gasteiger charge is 2.48. The largest absolute Gasteiger partial charge is 0.341 e. The zero-order valence-electron chi connectivity index (χ0n) is 15.7. The lowest BCUT2D eigenvalue weighted by Crippen LogP contribution is -2.64. The molecule has 140 valence electrons. The van der Waals surface area contributed by atoms with E-state index in [1.807, 2.05) is 47.2 Å². The van der Waals surface area contributed by atoms with Gasteiger partial charge in [0.15, 0.2) is 0 Å². The molecule has 5 heteroatoms. The Bertz CT molecular complexity index is 671. The van der Waals surface area contributed by atoms with Crippen molar-refractivity contribution in [2.75, 3.05) is 38.1 Å². The minimum Gasteiger partial charge on any atom is -0.341 e. The van der Waals surface area contributed by atoms with Crippen LogP contribution >= 0.6 is 0 Å². The van der Waals surface area contributed by atoms with Gasteiger partial charge in [-0.15, -0.1) is 0 Å². The van der Waals surface area contributed by atoms with E-state index in [4.69, 9.17) is 0 Å². The number of anilines is 1. The van der Waals surface area contributed by atoms with Gasteiger partial charge in [-0.05, 0) is 44.4 Å². The van der Waals surface area contributed by atoms with E-state index in [1.54, 1.807) is 0 Å². The summed E-state index contributed by atoms with van der Waals surface area (Å²) in [6.45, 7) is 2.64. The van der Waals surface area contributed by atoms with Crippen LogP contribution in [0.25, 0.3) is 0 Å². The predicted octanol–water partition coefficient (Wildman–Crippen LogP) is 2.52. The van der Waals surface area contributed by atoms with Crippen LogP contribution in [0, 0.1) is 5.92 Å². The second-order valence-corrected chi connectivity index (χ2v) is 8.32. The molecule has 3 aliphatic rings. The van der Waals surface area contributed by atoms with Crippen LogP contribution in [0.2, 0.25) is 0 Å². The Kier molecular flexibility index (Phi) is 4.74. The standard InChI is InChI=1S/C21H29N3O2/c1-22-14-20(26)24(18-9-3-2-4-10-18)16-21(22)11-12-23(15-21)19(25)13-17-7-5-6-8-17/h2-4,9-10,17H,5-8,11-16H2,1H3/t21-/m0/s1. The molecule has 0 aromatic heterocycles. The Morgan fingerprint density at radius 3 is 2.62 bits per heavy atom. The van der Waals surface area contributed by atoms with Crippen LogP contribution in [0.15, 0.2) is 30.3 Å². The Balaban J connectivity index is 1.46. The fourth-order valence-corrected chi connectivity index (χ4v) is 4.90. The van der Waals surface area contributed by atoms with Crippen molar-refractivity contribution in [1.82, 2.24) is 9.80 Å². The van der Waals surface area contributed by atoms with Crippen molar-refractivity contribution >= 4 is 17.5 Å². The molecule has 5 nitrogen and oxygen atoms in total. The predicted molar refractivity (Wildman–Crippen MR) is 102 cm³/mol. The summed E-state index contributed by atoms with van der Waals surface area (Å²) in [5.41, 5.74) is 0.843. The summed E-state index contributed by atoms with van der Waals surface area (Å²) in [4.78, 5) is 31.5. The van der Waals surface area contributed by atoms with Crippen molar-refractivity contribution < 1.29 is 9.59 Å². The van der Waals surface area contributed by atoms with Crippen molar-refractivity contribution in [2.45, 2.75) is 44.1 Å². The minimum atomic E-state index is -0.116. The number of hydrogen-bond donors (Lipinski definition) is 0. The van der Waals surface area contributed by atoms with E-state index in [1.165, 1.54) is 25.7 Å². The molecule has 1 saturated carbocycles. The molecule has 1 aliphatic carbocycles. The first-order valence-electron chi connectivity index (χ1n) is 9.92. The number of likely N-dealkylation sites (tertiary alicyclic amines) is 1. The smallest absolute Gasteiger partial charge is 0.241 e. The van der Waals surface area contributed by atoms with E-state index in [-0.39, 0.29) is 11.4 Å². The number of carbonyl (C=O) groups is 2. The number of amides is 2. The molecule has 1 spiro atoms. The van der Waals surface area contributed by atoms with Gasteiger partial charge in [-0.3, -0.25) is 14.5 Å². The summed E-state index contributed by atoms with van der Waals surface area (Å²) in [5.74, 6) is 1.04. The fourth-order valence-electron chi connectivity index (χ4n) is 4.90. The second-order valence-electron chi connectivity index (χ2n) is 8.32. The van der Waals surface area contributed by atoms with Crippen LogP contribution in [0.5, 0.6) is 0 Å². The van der Waals surface area contributed by atoms with Crippen LogP contribution in [0.4, 0.5) is 5.69 Å². The number of nitrogens with zero attached hydrogens (tertiary/aromatic N) is 3. The Labute approximate surface area is 155 Å². The summed E-state index contributed by atoms with van der Waals surface area (Å²) in [6.07, 6.45) is 6.62. The Morgan fingerprint density at radius 1 is 1.15 bits per heavy atom. The molecular formula is C21H29N3O2. The molecule has 4 rings (SSSR count). The molecule has 26 heavy (non-hydrogen) atoms. The first-order chi connectivity index (χ1) is 12.6. The fraction of sp³-hybridized carbons (Fsp3) is 0.619. The first kappa shape index (κ1) is 17.5. The van der Waals surface area contributed by atoms with E-state index >= 15 is 0 Å². The number of hydrogen-bond acceptors (Lipinski definition) is 3. The highest BCUT2D eigenvalue weighted by Crippen LogP contribution is 2.35. The third-order valence-electron chi connectivity index (χ3n) is 6.63. The molecule has 2 heterocycles. The third-order valence-corrected chi connectivity index (χ3v) is 6.63. The molecule has 2 saturated heterocycles. The maximum atomic E-state index is 12.8. The number of carbonyl (C=O) groups excluding carboxylic acids is 2. The van der Waals surface area contributed by atoms with Gasteiger partial charge in [0.25, 0.3) is 0 Å². The van der Waals surface area contributed by atoms with Crippen LogP contribution in [0.3, 0.4) is 0 Å². The molecule has 2 aliphatic heterocycles.